The molecule has 1 saturated heterocycles. The molecule has 40 heavy (non-hydrogen) atoms. The lowest BCUT2D eigenvalue weighted by molar-refractivity contribution is -0.140. The number of hydrogen-bond donors (Lipinski definition) is 4. The van der Waals surface area contributed by atoms with Gasteiger partial charge >= 0.3 is 19.7 Å². The molecule has 2 aromatic rings. The van der Waals surface area contributed by atoms with E-state index in [1.54, 1.807) is 12.1 Å². The molecule has 4 N–H and O–H groups in total. The SMILES string of the molecule is CCCCOP(=O)(O)CC(NC(=O)c1cc(NC2CC2)nc(-c2ccccc2)n1)C(=O)OC(=O)N1CCNCC1. The molecule has 2 heterocycles. The summed E-state index contributed by atoms with van der Waals surface area (Å²) in [7, 11) is -4.33. The highest BCUT2D eigenvalue weighted by Crippen LogP contribution is 2.42. The second-order valence-electron chi connectivity index (χ2n) is 9.70. The van der Waals surface area contributed by atoms with Crippen molar-refractivity contribution in [3.63, 3.8) is 0 Å². The number of anilines is 1. The molecular formula is C26H35N6O7P. The van der Waals surface area contributed by atoms with Crippen LogP contribution in [0.4, 0.5) is 10.6 Å². The third-order valence-corrected chi connectivity index (χ3v) is 7.69. The van der Waals surface area contributed by atoms with Gasteiger partial charge in [0.05, 0.1) is 12.8 Å². The summed E-state index contributed by atoms with van der Waals surface area (Å²) in [6, 6.07) is 9.13. The fourth-order valence-electron chi connectivity index (χ4n) is 3.91. The predicted molar refractivity (Wildman–Crippen MR) is 147 cm³/mol. The van der Waals surface area contributed by atoms with Gasteiger partial charge in [0.25, 0.3) is 5.91 Å². The third kappa shape index (κ3) is 8.82. The molecule has 0 spiro atoms. The average Bonchev–Trinajstić information content (AvgIpc) is 3.77. The van der Waals surface area contributed by atoms with Crippen molar-refractivity contribution in [1.29, 1.82) is 0 Å². The second-order valence-corrected chi connectivity index (χ2v) is 11.6. The summed E-state index contributed by atoms with van der Waals surface area (Å²) in [5.74, 6) is -1.24. The first kappa shape index (κ1) is 29.6. The summed E-state index contributed by atoms with van der Waals surface area (Å²) in [4.78, 5) is 59.6. The Kier molecular flexibility index (Phi) is 10.2. The van der Waals surface area contributed by atoms with Crippen molar-refractivity contribution in [3.05, 3.63) is 42.1 Å². The maximum atomic E-state index is 13.4. The van der Waals surface area contributed by atoms with Gasteiger partial charge in [0.2, 0.25) is 0 Å². The number of nitrogens with one attached hydrogen (secondary N) is 3. The van der Waals surface area contributed by atoms with Crippen LogP contribution in [-0.2, 0) is 18.6 Å². The maximum absolute atomic E-state index is 13.4. The van der Waals surface area contributed by atoms with Crippen LogP contribution < -0.4 is 16.0 Å². The number of piperazine rings is 1. The molecule has 2 atom stereocenters. The predicted octanol–water partition coefficient (Wildman–Crippen LogP) is 2.39. The van der Waals surface area contributed by atoms with Crippen molar-refractivity contribution < 1.29 is 33.1 Å². The first-order valence-corrected chi connectivity index (χ1v) is 15.2. The highest BCUT2D eigenvalue weighted by Gasteiger charge is 2.35. The Morgan fingerprint density at radius 2 is 1.90 bits per heavy atom. The third-order valence-electron chi connectivity index (χ3n) is 6.28. The van der Waals surface area contributed by atoms with Crippen LogP contribution in [0.3, 0.4) is 0 Å². The molecule has 2 fully saturated rings. The Hall–Kier alpha value is -3.38. The van der Waals surface area contributed by atoms with Crippen LogP contribution in [0.15, 0.2) is 36.4 Å². The number of carbonyl (C=O) groups excluding carboxylic acids is 3. The van der Waals surface area contributed by atoms with Gasteiger partial charge in [-0.05, 0) is 19.3 Å². The molecule has 1 saturated carbocycles. The van der Waals surface area contributed by atoms with E-state index in [-0.39, 0.29) is 18.3 Å². The normalized spacial score (nSPS) is 17.4. The van der Waals surface area contributed by atoms with E-state index in [2.05, 4.69) is 25.9 Å². The van der Waals surface area contributed by atoms with Crippen LogP contribution in [-0.4, -0.2) is 88.8 Å². The molecular weight excluding hydrogens is 539 g/mol. The molecule has 2 aliphatic rings. The van der Waals surface area contributed by atoms with Gasteiger partial charge in [-0.3, -0.25) is 9.36 Å². The minimum Gasteiger partial charge on any atom is -0.375 e. The first-order chi connectivity index (χ1) is 19.2. The molecule has 4 rings (SSSR count). The molecule has 1 aromatic carbocycles. The molecule has 2 amide bonds. The summed E-state index contributed by atoms with van der Waals surface area (Å²) in [6.45, 7) is 3.64. The van der Waals surface area contributed by atoms with Crippen molar-refractivity contribution in [1.82, 2.24) is 25.5 Å². The summed E-state index contributed by atoms with van der Waals surface area (Å²) < 4.78 is 22.9. The lowest BCUT2D eigenvalue weighted by atomic mass is 10.2. The maximum Gasteiger partial charge on any atom is 0.417 e. The smallest absolute Gasteiger partial charge is 0.375 e. The molecule has 0 radical (unpaired) electrons. The van der Waals surface area contributed by atoms with Gasteiger partial charge in [-0.2, -0.15) is 0 Å². The number of unbranched alkanes of at least 4 members (excludes halogenated alkanes) is 1. The Balaban J connectivity index is 1.55. The van der Waals surface area contributed by atoms with Crippen LogP contribution >= 0.6 is 7.60 Å². The van der Waals surface area contributed by atoms with Crippen LogP contribution in [0.5, 0.6) is 0 Å². The van der Waals surface area contributed by atoms with E-state index in [9.17, 15) is 23.8 Å². The zero-order chi connectivity index (χ0) is 28.5. The highest BCUT2D eigenvalue weighted by molar-refractivity contribution is 7.52. The zero-order valence-electron chi connectivity index (χ0n) is 22.4. The number of benzene rings is 1. The molecule has 2 unspecified atom stereocenters. The Morgan fingerprint density at radius 3 is 2.58 bits per heavy atom. The number of rotatable bonds is 12. The van der Waals surface area contributed by atoms with E-state index in [0.29, 0.717) is 49.8 Å². The number of amides is 2. The van der Waals surface area contributed by atoms with Crippen molar-refractivity contribution >= 4 is 31.4 Å². The number of ether oxygens (including phenoxy) is 1. The molecule has 1 aliphatic heterocycles. The van der Waals surface area contributed by atoms with Gasteiger partial charge in [-0.1, -0.05) is 43.7 Å². The topological polar surface area (TPSA) is 172 Å². The van der Waals surface area contributed by atoms with E-state index < -0.39 is 37.8 Å². The van der Waals surface area contributed by atoms with Crippen LogP contribution in [0, 0.1) is 0 Å². The fraction of sp³-hybridized carbons (Fsp3) is 0.500. The van der Waals surface area contributed by atoms with Crippen LogP contribution in [0.1, 0.15) is 43.1 Å². The van der Waals surface area contributed by atoms with E-state index in [0.717, 1.165) is 19.3 Å². The summed E-state index contributed by atoms with van der Waals surface area (Å²) in [5.41, 5.74) is 0.612. The zero-order valence-corrected chi connectivity index (χ0v) is 23.3. The Morgan fingerprint density at radius 1 is 1.18 bits per heavy atom. The highest BCUT2D eigenvalue weighted by atomic mass is 31.2. The monoisotopic (exact) mass is 574 g/mol. The van der Waals surface area contributed by atoms with E-state index >= 15 is 0 Å². The van der Waals surface area contributed by atoms with E-state index in [1.165, 1.54) is 11.0 Å². The lowest BCUT2D eigenvalue weighted by Gasteiger charge is -2.27. The Labute approximate surface area is 232 Å². The number of hydrogen-bond acceptors (Lipinski definition) is 10. The van der Waals surface area contributed by atoms with E-state index in [1.807, 2.05) is 25.1 Å². The summed E-state index contributed by atoms with van der Waals surface area (Å²) >= 11 is 0. The van der Waals surface area contributed by atoms with Gasteiger partial charge in [0.1, 0.15) is 17.6 Å². The van der Waals surface area contributed by atoms with Gasteiger partial charge in [0.15, 0.2) is 5.82 Å². The molecule has 216 valence electrons. The van der Waals surface area contributed by atoms with Crippen molar-refractivity contribution in [3.8, 4) is 11.4 Å². The standard InChI is InChI=1S/C26H35N6O7P/c1-2-3-15-38-40(36,37)17-21(25(34)39-26(35)32-13-11-27-12-14-32)30-24(33)20-16-22(28-19-9-10-19)31-23(29-20)18-7-5-4-6-8-18/h4-8,16,19,21,27H,2-3,9-15,17H2,1H3,(H,30,33)(H,36,37)(H,28,29,31). The van der Waals surface area contributed by atoms with Gasteiger partial charge < -0.3 is 35.0 Å². The minimum atomic E-state index is -4.33. The van der Waals surface area contributed by atoms with Crippen molar-refractivity contribution in [2.75, 3.05) is 44.3 Å². The quantitative estimate of drug-likeness (QED) is 0.127. The molecule has 0 bridgehead atoms. The van der Waals surface area contributed by atoms with Crippen LogP contribution in [0.25, 0.3) is 11.4 Å². The Bertz CT molecular complexity index is 1240. The minimum absolute atomic E-state index is 0.00222. The number of esters is 1. The molecule has 14 heteroatoms. The lowest BCUT2D eigenvalue weighted by Crippen LogP contribution is -2.50. The largest absolute Gasteiger partial charge is 0.417 e. The second kappa shape index (κ2) is 13.8. The van der Waals surface area contributed by atoms with Crippen molar-refractivity contribution in [2.24, 2.45) is 0 Å². The van der Waals surface area contributed by atoms with Gasteiger partial charge in [0, 0.05) is 43.9 Å². The average molecular weight is 575 g/mol. The summed E-state index contributed by atoms with van der Waals surface area (Å²) in [5, 5.41) is 8.77. The number of aromatic nitrogens is 2. The molecule has 13 nitrogen and oxygen atoms in total. The molecule has 1 aliphatic carbocycles. The van der Waals surface area contributed by atoms with Gasteiger partial charge in [-0.25, -0.2) is 19.6 Å². The summed E-state index contributed by atoms with van der Waals surface area (Å²) in [6.07, 6.45) is 1.55. The number of carbonyl (C=O) groups is 3. The van der Waals surface area contributed by atoms with E-state index in [4.69, 9.17) is 9.26 Å². The number of nitrogens with zero attached hydrogens (tertiary/aromatic N) is 3. The first-order valence-electron chi connectivity index (χ1n) is 13.4. The van der Waals surface area contributed by atoms with Gasteiger partial charge in [-0.15, -0.1) is 0 Å². The van der Waals surface area contributed by atoms with Crippen LogP contribution in [0.2, 0.25) is 0 Å². The fourth-order valence-corrected chi connectivity index (χ4v) is 5.13. The van der Waals surface area contributed by atoms with Crippen molar-refractivity contribution in [2.45, 2.75) is 44.7 Å². The molecule has 1 aromatic heterocycles.